The van der Waals surface area contributed by atoms with E-state index in [1.165, 1.54) is 11.3 Å². The van der Waals surface area contributed by atoms with Gasteiger partial charge in [0.05, 0.1) is 17.5 Å². The van der Waals surface area contributed by atoms with E-state index in [0.717, 1.165) is 5.01 Å². The van der Waals surface area contributed by atoms with E-state index in [9.17, 15) is 4.79 Å². The van der Waals surface area contributed by atoms with E-state index in [1.54, 1.807) is 6.20 Å². The Hall–Kier alpha value is -1.01. The highest BCUT2D eigenvalue weighted by atomic mass is 32.1. The van der Waals surface area contributed by atoms with Crippen LogP contribution in [0.3, 0.4) is 0 Å². The maximum Gasteiger partial charge on any atom is 0.230 e. The van der Waals surface area contributed by atoms with Gasteiger partial charge in [-0.2, -0.15) is 0 Å². The number of carbonyl (C=O) groups excluding carboxylic acids is 1. The lowest BCUT2D eigenvalue weighted by molar-refractivity contribution is -0.124. The van der Waals surface area contributed by atoms with Crippen LogP contribution in [0.5, 0.6) is 0 Å². The number of nitrogens with one attached hydrogen (secondary N) is 1. The maximum atomic E-state index is 11.8. The zero-order valence-electron chi connectivity index (χ0n) is 9.27. The molecule has 6 heteroatoms. The second-order valence-corrected chi connectivity index (χ2v) is 5.22. The fraction of sp³-hybridized carbons (Fsp3) is 0.500. The molecule has 0 aliphatic rings. The summed E-state index contributed by atoms with van der Waals surface area (Å²) in [6.07, 6.45) is 1.71. The number of rotatable bonds is 5. The molecule has 1 amide bonds. The summed E-state index contributed by atoms with van der Waals surface area (Å²) in [5, 5.41) is 5.53. The number of hydrogen-bond donors (Lipinski definition) is 2. The molecule has 0 spiro atoms. The number of nitrogens with two attached hydrogens (primary N) is 1. The fourth-order valence-electron chi connectivity index (χ4n) is 1.37. The summed E-state index contributed by atoms with van der Waals surface area (Å²) in [7, 11) is 0. The standard InChI is InChI=1S/C10H15N3OS2/c1-6(2)8(9(11)15)10(14)13-5-7-12-3-4-16-7/h3-4,6,8H,5H2,1-2H3,(H2,11,15)(H,13,14). The largest absolute Gasteiger partial charge is 0.393 e. The SMILES string of the molecule is CC(C)C(C(=O)NCc1nccs1)C(N)=S. The molecule has 0 aliphatic carbocycles. The quantitative estimate of drug-likeness (QED) is 0.781. The molecule has 0 aromatic carbocycles. The van der Waals surface area contributed by atoms with Gasteiger partial charge in [-0.3, -0.25) is 4.79 Å². The average Bonchev–Trinajstić information content (AvgIpc) is 2.65. The first-order valence-electron chi connectivity index (χ1n) is 4.97. The second kappa shape index (κ2) is 5.91. The van der Waals surface area contributed by atoms with Crippen molar-refractivity contribution in [3.63, 3.8) is 0 Å². The average molecular weight is 257 g/mol. The van der Waals surface area contributed by atoms with Crippen molar-refractivity contribution in [3.05, 3.63) is 16.6 Å². The topological polar surface area (TPSA) is 68.0 Å². The third kappa shape index (κ3) is 3.53. The minimum Gasteiger partial charge on any atom is -0.393 e. The van der Waals surface area contributed by atoms with E-state index < -0.39 is 5.92 Å². The van der Waals surface area contributed by atoms with Crippen LogP contribution in [0.25, 0.3) is 0 Å². The third-order valence-corrected chi connectivity index (χ3v) is 3.19. The van der Waals surface area contributed by atoms with Gasteiger partial charge in [0.25, 0.3) is 0 Å². The van der Waals surface area contributed by atoms with Crippen LogP contribution in [0, 0.1) is 11.8 Å². The predicted octanol–water partition coefficient (Wildman–Crippen LogP) is 1.32. The molecular formula is C10H15N3OS2. The first-order chi connectivity index (χ1) is 7.52. The molecule has 0 bridgehead atoms. The summed E-state index contributed by atoms with van der Waals surface area (Å²) >= 11 is 6.39. The van der Waals surface area contributed by atoms with E-state index in [2.05, 4.69) is 10.3 Å². The molecule has 0 saturated heterocycles. The molecule has 0 fully saturated rings. The van der Waals surface area contributed by atoms with Crippen LogP contribution >= 0.6 is 23.6 Å². The van der Waals surface area contributed by atoms with Crippen LogP contribution in [0.2, 0.25) is 0 Å². The van der Waals surface area contributed by atoms with Gasteiger partial charge in [0, 0.05) is 11.6 Å². The Kier molecular flexibility index (Phi) is 4.82. The van der Waals surface area contributed by atoms with Crippen molar-refractivity contribution in [1.82, 2.24) is 10.3 Å². The van der Waals surface area contributed by atoms with Crippen LogP contribution in [0.4, 0.5) is 0 Å². The van der Waals surface area contributed by atoms with Gasteiger partial charge in [-0.15, -0.1) is 11.3 Å². The fourth-order valence-corrected chi connectivity index (χ4v) is 2.31. The minimum atomic E-state index is -0.407. The molecule has 16 heavy (non-hydrogen) atoms. The highest BCUT2D eigenvalue weighted by Crippen LogP contribution is 2.12. The summed E-state index contributed by atoms with van der Waals surface area (Å²) in [4.78, 5) is 16.1. The van der Waals surface area contributed by atoms with Gasteiger partial charge in [0.15, 0.2) is 0 Å². The van der Waals surface area contributed by atoms with Crippen molar-refractivity contribution in [2.45, 2.75) is 20.4 Å². The summed E-state index contributed by atoms with van der Waals surface area (Å²) in [6.45, 7) is 4.28. The van der Waals surface area contributed by atoms with Crippen LogP contribution in [-0.2, 0) is 11.3 Å². The zero-order valence-corrected chi connectivity index (χ0v) is 10.9. The van der Waals surface area contributed by atoms with Gasteiger partial charge < -0.3 is 11.1 Å². The molecule has 1 unspecified atom stereocenters. The van der Waals surface area contributed by atoms with Gasteiger partial charge >= 0.3 is 0 Å². The van der Waals surface area contributed by atoms with E-state index in [4.69, 9.17) is 18.0 Å². The summed E-state index contributed by atoms with van der Waals surface area (Å²) in [5.41, 5.74) is 5.55. The maximum absolute atomic E-state index is 11.8. The van der Waals surface area contributed by atoms with E-state index in [-0.39, 0.29) is 16.8 Å². The number of amides is 1. The number of carbonyl (C=O) groups is 1. The molecule has 0 saturated carbocycles. The number of nitrogens with zero attached hydrogens (tertiary/aromatic N) is 1. The number of hydrogen-bond acceptors (Lipinski definition) is 4. The first kappa shape index (κ1) is 13.1. The second-order valence-electron chi connectivity index (χ2n) is 3.77. The lowest BCUT2D eigenvalue weighted by atomic mass is 9.95. The minimum absolute atomic E-state index is 0.105. The zero-order chi connectivity index (χ0) is 12.1. The molecule has 1 heterocycles. The molecule has 88 valence electrons. The third-order valence-electron chi connectivity index (χ3n) is 2.15. The smallest absolute Gasteiger partial charge is 0.230 e. The van der Waals surface area contributed by atoms with Crippen LogP contribution in [-0.4, -0.2) is 15.9 Å². The molecule has 0 radical (unpaired) electrons. The van der Waals surface area contributed by atoms with Crippen molar-refractivity contribution in [1.29, 1.82) is 0 Å². The number of thiazole rings is 1. The predicted molar refractivity (Wildman–Crippen MR) is 69.1 cm³/mol. The Morgan fingerprint density at radius 1 is 1.69 bits per heavy atom. The van der Waals surface area contributed by atoms with Gasteiger partial charge in [-0.05, 0) is 5.92 Å². The molecule has 1 aromatic rings. The lowest BCUT2D eigenvalue weighted by Crippen LogP contribution is -2.40. The van der Waals surface area contributed by atoms with Crippen molar-refractivity contribution in [2.24, 2.45) is 17.6 Å². The first-order valence-corrected chi connectivity index (χ1v) is 6.26. The monoisotopic (exact) mass is 257 g/mol. The molecular weight excluding hydrogens is 242 g/mol. The van der Waals surface area contributed by atoms with E-state index in [1.807, 2.05) is 19.2 Å². The molecule has 1 rings (SSSR count). The van der Waals surface area contributed by atoms with Gasteiger partial charge in [-0.25, -0.2) is 4.98 Å². The van der Waals surface area contributed by atoms with Gasteiger partial charge in [-0.1, -0.05) is 26.1 Å². The van der Waals surface area contributed by atoms with Crippen molar-refractivity contribution in [3.8, 4) is 0 Å². The summed E-state index contributed by atoms with van der Waals surface area (Å²) < 4.78 is 0. The summed E-state index contributed by atoms with van der Waals surface area (Å²) in [6, 6.07) is 0. The molecule has 1 atom stereocenters. The molecule has 0 aliphatic heterocycles. The highest BCUT2D eigenvalue weighted by Gasteiger charge is 2.24. The van der Waals surface area contributed by atoms with Gasteiger partial charge in [0.2, 0.25) is 5.91 Å². The normalized spacial score (nSPS) is 12.4. The Morgan fingerprint density at radius 3 is 2.81 bits per heavy atom. The molecule has 4 nitrogen and oxygen atoms in total. The number of thiocarbonyl (C=S) groups is 1. The Bertz CT molecular complexity index is 362. The van der Waals surface area contributed by atoms with Crippen LogP contribution in [0.15, 0.2) is 11.6 Å². The van der Waals surface area contributed by atoms with Crippen molar-refractivity contribution in [2.75, 3.05) is 0 Å². The molecule has 1 aromatic heterocycles. The van der Waals surface area contributed by atoms with Crippen LogP contribution < -0.4 is 11.1 Å². The van der Waals surface area contributed by atoms with Crippen molar-refractivity contribution < 1.29 is 4.79 Å². The molecule has 3 N–H and O–H groups in total. The van der Waals surface area contributed by atoms with Crippen LogP contribution in [0.1, 0.15) is 18.9 Å². The number of aromatic nitrogens is 1. The highest BCUT2D eigenvalue weighted by molar-refractivity contribution is 7.80. The van der Waals surface area contributed by atoms with Gasteiger partial charge in [0.1, 0.15) is 5.01 Å². The lowest BCUT2D eigenvalue weighted by Gasteiger charge is -2.18. The van der Waals surface area contributed by atoms with E-state index >= 15 is 0 Å². The van der Waals surface area contributed by atoms with Crippen molar-refractivity contribution >= 4 is 34.5 Å². The Balaban J connectivity index is 2.53. The van der Waals surface area contributed by atoms with E-state index in [0.29, 0.717) is 6.54 Å². The Labute approximate surface area is 104 Å². The summed E-state index contributed by atoms with van der Waals surface area (Å²) in [5.74, 6) is -0.429. The Morgan fingerprint density at radius 2 is 2.38 bits per heavy atom.